The maximum absolute atomic E-state index is 13.8. The smallest absolute Gasteiger partial charge is 0.338 e. The zero-order chi connectivity index (χ0) is 19.5. The van der Waals surface area contributed by atoms with Crippen LogP contribution in [0, 0.1) is 17.7 Å². The molecule has 0 aliphatic carbocycles. The Hall–Kier alpha value is -3.13. The van der Waals surface area contributed by atoms with Crippen LogP contribution in [0.1, 0.15) is 47.8 Å². The summed E-state index contributed by atoms with van der Waals surface area (Å²) in [4.78, 5) is 22.3. The van der Waals surface area contributed by atoms with Gasteiger partial charge in [-0.3, -0.25) is 4.79 Å². The van der Waals surface area contributed by atoms with Crippen molar-refractivity contribution in [3.63, 3.8) is 0 Å². The van der Waals surface area contributed by atoms with E-state index in [2.05, 4.69) is 11.8 Å². The summed E-state index contributed by atoms with van der Waals surface area (Å²) in [5.74, 6) is 3.51. The molecule has 0 aromatic heterocycles. The van der Waals surface area contributed by atoms with Crippen molar-refractivity contribution in [2.45, 2.75) is 27.2 Å². The van der Waals surface area contributed by atoms with Crippen LogP contribution < -0.4 is 0 Å². The Kier molecular flexibility index (Phi) is 8.59. The summed E-state index contributed by atoms with van der Waals surface area (Å²) in [5, 5.41) is 8.69. The van der Waals surface area contributed by atoms with E-state index in [0.717, 1.165) is 0 Å². The molecule has 2 rings (SSSR count). The normalized spacial score (nSPS) is 9.23. The number of benzene rings is 2. The molecule has 0 bridgehead atoms. The van der Waals surface area contributed by atoms with Crippen molar-refractivity contribution < 1.29 is 23.8 Å². The highest BCUT2D eigenvalue weighted by Crippen LogP contribution is 2.11. The molecule has 0 spiro atoms. The van der Waals surface area contributed by atoms with Crippen LogP contribution in [-0.4, -0.2) is 23.7 Å². The number of carboxylic acid groups (broad SMARTS) is 1. The summed E-state index contributed by atoms with van der Waals surface area (Å²) in [6, 6.07) is 10.8. The van der Waals surface area contributed by atoms with Gasteiger partial charge in [0.15, 0.2) is 0 Å². The average molecular weight is 356 g/mol. The first-order chi connectivity index (χ1) is 12.5. The van der Waals surface area contributed by atoms with Crippen molar-refractivity contribution in [2.24, 2.45) is 0 Å². The summed E-state index contributed by atoms with van der Waals surface area (Å²) < 4.78 is 18.7. The number of carboxylic acids is 1. The minimum absolute atomic E-state index is 0.109. The number of hydrogen-bond acceptors (Lipinski definition) is 3. The number of carbonyl (C=O) groups is 2. The predicted octanol–water partition coefficient (Wildman–Crippen LogP) is 4.06. The SMILES string of the molecule is CC.CCOC(=O)c1cccc(C#Cc2ccc(CC(=O)O)c(F)c2)c1. The third-order valence-corrected chi connectivity index (χ3v) is 3.12. The summed E-state index contributed by atoms with van der Waals surface area (Å²) >= 11 is 0. The molecule has 0 amide bonds. The van der Waals surface area contributed by atoms with Gasteiger partial charge in [-0.15, -0.1) is 0 Å². The fraction of sp³-hybridized carbons (Fsp3) is 0.238. The number of halogens is 1. The van der Waals surface area contributed by atoms with Gasteiger partial charge in [-0.2, -0.15) is 0 Å². The lowest BCUT2D eigenvalue weighted by Gasteiger charge is -2.01. The van der Waals surface area contributed by atoms with Gasteiger partial charge in [-0.1, -0.05) is 37.8 Å². The fourth-order valence-corrected chi connectivity index (χ4v) is 2.01. The molecule has 4 nitrogen and oxygen atoms in total. The first kappa shape index (κ1) is 20.9. The van der Waals surface area contributed by atoms with Gasteiger partial charge in [0, 0.05) is 11.1 Å². The van der Waals surface area contributed by atoms with Crippen molar-refractivity contribution in [1.82, 2.24) is 0 Å². The number of hydrogen-bond donors (Lipinski definition) is 1. The van der Waals surface area contributed by atoms with Crippen LogP contribution in [0.25, 0.3) is 0 Å². The van der Waals surface area contributed by atoms with Crippen LogP contribution in [0.15, 0.2) is 42.5 Å². The van der Waals surface area contributed by atoms with E-state index in [1.807, 2.05) is 13.8 Å². The van der Waals surface area contributed by atoms with Gasteiger partial charge >= 0.3 is 11.9 Å². The summed E-state index contributed by atoms with van der Waals surface area (Å²) in [6.07, 6.45) is -0.374. The molecule has 136 valence electrons. The second-order valence-corrected chi connectivity index (χ2v) is 4.93. The topological polar surface area (TPSA) is 63.6 Å². The van der Waals surface area contributed by atoms with Crippen LogP contribution in [0.2, 0.25) is 0 Å². The van der Waals surface area contributed by atoms with Crippen molar-refractivity contribution in [3.05, 3.63) is 70.5 Å². The molecule has 0 saturated carbocycles. The van der Waals surface area contributed by atoms with Gasteiger partial charge in [0.05, 0.1) is 18.6 Å². The van der Waals surface area contributed by atoms with Gasteiger partial charge in [-0.25, -0.2) is 9.18 Å². The molecule has 5 heteroatoms. The highest BCUT2D eigenvalue weighted by molar-refractivity contribution is 5.89. The molecular formula is C21H21FO4. The van der Waals surface area contributed by atoms with Crippen LogP contribution in [0.4, 0.5) is 4.39 Å². The van der Waals surface area contributed by atoms with Gasteiger partial charge in [-0.05, 0) is 42.8 Å². The second kappa shape index (κ2) is 10.7. The highest BCUT2D eigenvalue weighted by atomic mass is 19.1. The quantitative estimate of drug-likeness (QED) is 0.663. The average Bonchev–Trinajstić information content (AvgIpc) is 2.64. The molecule has 0 fully saturated rings. The Morgan fingerprint density at radius 1 is 1.08 bits per heavy atom. The predicted molar refractivity (Wildman–Crippen MR) is 97.5 cm³/mol. The molecule has 2 aromatic carbocycles. The third kappa shape index (κ3) is 6.40. The molecule has 2 aromatic rings. The monoisotopic (exact) mass is 356 g/mol. The fourth-order valence-electron chi connectivity index (χ4n) is 2.01. The van der Waals surface area contributed by atoms with E-state index >= 15 is 0 Å². The Morgan fingerprint density at radius 3 is 2.31 bits per heavy atom. The standard InChI is InChI=1S/C19H15FO4.C2H6/c1-2-24-19(23)16-5-3-4-13(10-16)6-7-14-8-9-15(12-18(21)22)17(20)11-14;1-2/h3-5,8-11H,2,12H2,1H3,(H,21,22);1-2H3. The molecule has 0 saturated heterocycles. The summed E-state index contributed by atoms with van der Waals surface area (Å²) in [6.45, 7) is 6.01. The minimum Gasteiger partial charge on any atom is -0.481 e. The maximum atomic E-state index is 13.8. The van der Waals surface area contributed by atoms with E-state index in [1.54, 1.807) is 37.3 Å². The molecule has 0 radical (unpaired) electrons. The van der Waals surface area contributed by atoms with E-state index in [-0.39, 0.29) is 18.6 Å². The molecule has 0 atom stereocenters. The number of rotatable bonds is 4. The lowest BCUT2D eigenvalue weighted by Crippen LogP contribution is -2.04. The van der Waals surface area contributed by atoms with Crippen LogP contribution in [0.5, 0.6) is 0 Å². The molecule has 26 heavy (non-hydrogen) atoms. The van der Waals surface area contributed by atoms with Crippen LogP contribution in [-0.2, 0) is 16.0 Å². The third-order valence-electron chi connectivity index (χ3n) is 3.12. The molecule has 1 N–H and O–H groups in total. The van der Waals surface area contributed by atoms with E-state index in [0.29, 0.717) is 16.7 Å². The Morgan fingerprint density at radius 2 is 1.73 bits per heavy atom. The van der Waals surface area contributed by atoms with Gasteiger partial charge in [0.2, 0.25) is 0 Å². The number of aliphatic carboxylic acids is 1. The van der Waals surface area contributed by atoms with E-state index in [9.17, 15) is 14.0 Å². The van der Waals surface area contributed by atoms with Gasteiger partial charge in [0.25, 0.3) is 0 Å². The molecule has 0 aliphatic rings. The second-order valence-electron chi connectivity index (χ2n) is 4.93. The van der Waals surface area contributed by atoms with Crippen molar-refractivity contribution in [1.29, 1.82) is 0 Å². The zero-order valence-electron chi connectivity index (χ0n) is 15.0. The van der Waals surface area contributed by atoms with E-state index in [4.69, 9.17) is 9.84 Å². The highest BCUT2D eigenvalue weighted by Gasteiger charge is 2.07. The Balaban J connectivity index is 0.00000163. The van der Waals surface area contributed by atoms with Crippen molar-refractivity contribution in [3.8, 4) is 11.8 Å². The first-order valence-electron chi connectivity index (χ1n) is 8.29. The number of esters is 1. The van der Waals surface area contributed by atoms with Gasteiger partial charge < -0.3 is 9.84 Å². The first-order valence-corrected chi connectivity index (χ1v) is 8.29. The zero-order valence-corrected chi connectivity index (χ0v) is 15.0. The molecule has 0 unspecified atom stereocenters. The summed E-state index contributed by atoms with van der Waals surface area (Å²) in [5.41, 5.74) is 1.52. The lowest BCUT2D eigenvalue weighted by atomic mass is 10.1. The minimum atomic E-state index is -1.09. The molecular weight excluding hydrogens is 335 g/mol. The Labute approximate surface area is 152 Å². The number of ether oxygens (including phenoxy) is 1. The van der Waals surface area contributed by atoms with Crippen LogP contribution in [0.3, 0.4) is 0 Å². The van der Waals surface area contributed by atoms with Crippen LogP contribution >= 0.6 is 0 Å². The largest absolute Gasteiger partial charge is 0.481 e. The lowest BCUT2D eigenvalue weighted by molar-refractivity contribution is -0.136. The maximum Gasteiger partial charge on any atom is 0.338 e. The molecule has 0 heterocycles. The number of carbonyl (C=O) groups excluding carboxylic acids is 1. The Bertz CT molecular complexity index is 831. The van der Waals surface area contributed by atoms with E-state index in [1.165, 1.54) is 12.1 Å². The van der Waals surface area contributed by atoms with E-state index < -0.39 is 17.8 Å². The summed E-state index contributed by atoms with van der Waals surface area (Å²) in [7, 11) is 0. The van der Waals surface area contributed by atoms with Gasteiger partial charge in [0.1, 0.15) is 5.82 Å². The van der Waals surface area contributed by atoms with Crippen molar-refractivity contribution in [2.75, 3.05) is 6.61 Å². The van der Waals surface area contributed by atoms with Crippen molar-refractivity contribution >= 4 is 11.9 Å². The molecule has 0 aliphatic heterocycles.